The second-order valence-electron chi connectivity index (χ2n) is 7.67. The number of methoxy groups -OCH3 is 1. The van der Waals surface area contributed by atoms with Gasteiger partial charge in [-0.1, -0.05) is 43.5 Å². The maximum Gasteiger partial charge on any atom is 0.335 e. The number of nitrogens with zero attached hydrogens (tertiary/aromatic N) is 2. The maximum absolute atomic E-state index is 12.1. The molecule has 0 aliphatic heterocycles. The molecule has 32 heavy (non-hydrogen) atoms. The number of anilines is 2. The molecule has 0 spiro atoms. The Morgan fingerprint density at radius 1 is 1.19 bits per heavy atom. The van der Waals surface area contributed by atoms with Gasteiger partial charge < -0.3 is 14.4 Å². The van der Waals surface area contributed by atoms with E-state index in [1.165, 1.54) is 74.3 Å². The van der Waals surface area contributed by atoms with Crippen molar-refractivity contribution in [3.8, 4) is 16.3 Å². The molecule has 0 bridgehead atoms. The van der Waals surface area contributed by atoms with Crippen LogP contribution in [0.5, 0.6) is 5.75 Å². The van der Waals surface area contributed by atoms with E-state index in [0.29, 0.717) is 10.9 Å². The van der Waals surface area contributed by atoms with Gasteiger partial charge in [0.25, 0.3) is 0 Å². The van der Waals surface area contributed by atoms with Gasteiger partial charge in [0.15, 0.2) is 5.82 Å². The maximum atomic E-state index is 12.1. The summed E-state index contributed by atoms with van der Waals surface area (Å²) < 4.78 is 30.4. The van der Waals surface area contributed by atoms with Crippen LogP contribution in [-0.4, -0.2) is 31.9 Å². The molecule has 1 saturated carbocycles. The predicted octanol–water partition coefficient (Wildman–Crippen LogP) is 5.50. The zero-order valence-corrected chi connectivity index (χ0v) is 19.2. The summed E-state index contributed by atoms with van der Waals surface area (Å²) in [5.74, 6) is -0.168. The van der Waals surface area contributed by atoms with Gasteiger partial charge in [-0.2, -0.15) is 0 Å². The minimum Gasteiger partial charge on any atom is -0.755 e. The molecule has 1 aliphatic carbocycles. The first-order chi connectivity index (χ1) is 15.5. The van der Waals surface area contributed by atoms with Crippen LogP contribution in [0.2, 0.25) is 0 Å². The lowest BCUT2D eigenvalue weighted by molar-refractivity contribution is 0.0696. The lowest BCUT2D eigenvalue weighted by Gasteiger charge is -2.25. The summed E-state index contributed by atoms with van der Waals surface area (Å²) in [6.45, 7) is 0. The third kappa shape index (κ3) is 4.69. The molecule has 1 unspecified atom stereocenters. The number of carboxylic acid groups (broad SMARTS) is 1. The van der Waals surface area contributed by atoms with Crippen LogP contribution in [0.15, 0.2) is 47.8 Å². The summed E-state index contributed by atoms with van der Waals surface area (Å²) >= 11 is -1.34. The highest BCUT2D eigenvalue weighted by atomic mass is 32.2. The van der Waals surface area contributed by atoms with Crippen molar-refractivity contribution in [1.82, 2.24) is 4.98 Å². The molecule has 1 N–H and O–H groups in total. The number of thiazole rings is 1. The van der Waals surface area contributed by atoms with Crippen molar-refractivity contribution in [3.05, 3.63) is 59.0 Å². The lowest BCUT2D eigenvalue weighted by Crippen LogP contribution is -2.20. The highest BCUT2D eigenvalue weighted by Crippen LogP contribution is 2.38. The van der Waals surface area contributed by atoms with E-state index in [1.807, 2.05) is 12.1 Å². The molecule has 1 fully saturated rings. The second kappa shape index (κ2) is 9.81. The Kier molecular flexibility index (Phi) is 6.88. The second-order valence-corrected chi connectivity index (χ2v) is 9.33. The molecule has 0 amide bonds. The van der Waals surface area contributed by atoms with E-state index in [1.54, 1.807) is 5.38 Å². The fourth-order valence-electron chi connectivity index (χ4n) is 4.08. The molecule has 1 atom stereocenters. The first-order valence-electron chi connectivity index (χ1n) is 10.3. The van der Waals surface area contributed by atoms with Crippen molar-refractivity contribution in [2.24, 2.45) is 0 Å². The van der Waals surface area contributed by atoms with Gasteiger partial charge in [-0.3, -0.25) is 4.21 Å². The summed E-state index contributed by atoms with van der Waals surface area (Å²) in [5.41, 5.74) is 2.45. The molecular weight excluding hydrogens is 448 g/mol. The van der Waals surface area contributed by atoms with E-state index in [-0.39, 0.29) is 22.8 Å². The van der Waals surface area contributed by atoms with E-state index in [0.717, 1.165) is 9.87 Å². The quantitative estimate of drug-likeness (QED) is 0.457. The molecule has 2 aromatic carbocycles. The van der Waals surface area contributed by atoms with E-state index in [4.69, 9.17) is 4.74 Å². The largest absolute Gasteiger partial charge is 0.755 e. The number of aromatic nitrogens is 1. The standard InChI is InChI=1S/C23H24N2O5S2/c1-30-20-13-18(23(26)27)11-12-19(20)25(32(28)29)21-14-31-22(24-21)17-9-7-16(8-10-17)15-5-3-2-4-6-15/h7-15H,2-6H2,1H3,(H,26,27)(H,28,29)/p-1. The zero-order valence-electron chi connectivity index (χ0n) is 17.5. The van der Waals surface area contributed by atoms with Crippen LogP contribution < -0.4 is 9.04 Å². The molecular formula is C23H23N2O5S2-. The van der Waals surface area contributed by atoms with Crippen molar-refractivity contribution in [1.29, 1.82) is 0 Å². The normalized spacial score (nSPS) is 15.3. The topological polar surface area (TPSA) is 103 Å². The zero-order chi connectivity index (χ0) is 22.7. The average molecular weight is 472 g/mol. The highest BCUT2D eigenvalue weighted by Gasteiger charge is 2.21. The SMILES string of the molecule is COc1cc(C(=O)O)ccc1N(c1csc(-c2ccc(C3CCCCC3)cc2)n1)S(=O)[O-]. The Balaban J connectivity index is 1.62. The molecule has 0 radical (unpaired) electrons. The molecule has 3 aromatic rings. The third-order valence-electron chi connectivity index (χ3n) is 5.73. The van der Waals surface area contributed by atoms with Crippen LogP contribution >= 0.6 is 11.3 Å². The first kappa shape index (κ1) is 22.4. The minimum absolute atomic E-state index is 0.000691. The van der Waals surface area contributed by atoms with Crippen LogP contribution in [-0.2, 0) is 11.3 Å². The van der Waals surface area contributed by atoms with Crippen LogP contribution in [0.4, 0.5) is 11.5 Å². The van der Waals surface area contributed by atoms with Crippen LogP contribution in [0.3, 0.4) is 0 Å². The van der Waals surface area contributed by atoms with Gasteiger partial charge >= 0.3 is 5.97 Å². The Labute approximate surface area is 193 Å². The number of hydrogen-bond donors (Lipinski definition) is 1. The highest BCUT2D eigenvalue weighted by molar-refractivity contribution is 7.81. The number of rotatable bonds is 7. The summed E-state index contributed by atoms with van der Waals surface area (Å²) in [4.78, 5) is 15.8. The molecule has 168 valence electrons. The van der Waals surface area contributed by atoms with Gasteiger partial charge in [0.05, 0.1) is 29.6 Å². The monoisotopic (exact) mass is 471 g/mol. The van der Waals surface area contributed by atoms with Crippen molar-refractivity contribution >= 4 is 40.1 Å². The first-order valence-corrected chi connectivity index (χ1v) is 12.3. The van der Waals surface area contributed by atoms with Crippen molar-refractivity contribution in [2.75, 3.05) is 11.4 Å². The lowest BCUT2D eigenvalue weighted by atomic mass is 9.84. The van der Waals surface area contributed by atoms with Crippen LogP contribution in [0.1, 0.15) is 53.9 Å². The van der Waals surface area contributed by atoms with Gasteiger partial charge in [-0.05, 0) is 42.5 Å². The number of ether oxygens (including phenoxy) is 1. The number of carboxylic acids is 1. The van der Waals surface area contributed by atoms with E-state index in [2.05, 4.69) is 17.1 Å². The van der Waals surface area contributed by atoms with E-state index >= 15 is 0 Å². The summed E-state index contributed by atoms with van der Waals surface area (Å²) in [6.07, 6.45) is 6.33. The number of carbonyl (C=O) groups is 1. The fraction of sp³-hybridized carbons (Fsp3) is 0.304. The van der Waals surface area contributed by atoms with Crippen LogP contribution in [0, 0.1) is 0 Å². The fourth-order valence-corrected chi connectivity index (χ4v) is 5.50. The van der Waals surface area contributed by atoms with Crippen molar-refractivity contribution in [2.45, 2.75) is 38.0 Å². The van der Waals surface area contributed by atoms with Gasteiger partial charge in [-0.15, -0.1) is 11.3 Å². The number of benzene rings is 2. The summed E-state index contributed by atoms with van der Waals surface area (Å²) in [5, 5.41) is 11.5. The van der Waals surface area contributed by atoms with Crippen molar-refractivity contribution in [3.63, 3.8) is 0 Å². The van der Waals surface area contributed by atoms with Gasteiger partial charge in [-0.25, -0.2) is 14.1 Å². The smallest absolute Gasteiger partial charge is 0.335 e. The van der Waals surface area contributed by atoms with E-state index in [9.17, 15) is 18.7 Å². The Morgan fingerprint density at radius 3 is 2.53 bits per heavy atom. The van der Waals surface area contributed by atoms with Gasteiger partial charge in [0, 0.05) is 10.9 Å². The average Bonchev–Trinajstić information content (AvgIpc) is 3.29. The van der Waals surface area contributed by atoms with Crippen molar-refractivity contribution < 1.29 is 23.4 Å². The van der Waals surface area contributed by atoms with E-state index < -0.39 is 17.2 Å². The Morgan fingerprint density at radius 2 is 1.91 bits per heavy atom. The summed E-state index contributed by atoms with van der Waals surface area (Å²) in [6, 6.07) is 12.4. The Bertz CT molecular complexity index is 1120. The molecule has 7 nitrogen and oxygen atoms in total. The molecule has 9 heteroatoms. The number of hydrogen-bond acceptors (Lipinski definition) is 6. The minimum atomic E-state index is -2.68. The molecule has 4 rings (SSSR count). The molecule has 1 aromatic heterocycles. The van der Waals surface area contributed by atoms with Gasteiger partial charge in [0.2, 0.25) is 0 Å². The number of aromatic carboxylic acids is 1. The molecule has 1 aliphatic rings. The third-order valence-corrected chi connectivity index (χ3v) is 7.29. The Hall–Kier alpha value is -2.75. The molecule has 0 saturated heterocycles. The van der Waals surface area contributed by atoms with Gasteiger partial charge in [0.1, 0.15) is 10.8 Å². The van der Waals surface area contributed by atoms with Crippen LogP contribution in [0.25, 0.3) is 10.6 Å². The summed E-state index contributed by atoms with van der Waals surface area (Å²) in [7, 11) is 1.36. The molecule has 1 heterocycles. The predicted molar refractivity (Wildman–Crippen MR) is 124 cm³/mol.